The number of likely N-dealkylation sites (tertiary alicyclic amines) is 1. The highest BCUT2D eigenvalue weighted by Gasteiger charge is 2.24. The van der Waals surface area contributed by atoms with Crippen molar-refractivity contribution in [3.63, 3.8) is 0 Å². The number of H-pyrrole nitrogens is 1. The molecule has 140 valence electrons. The Kier molecular flexibility index (Phi) is 5.19. The number of aromatic amines is 1. The summed E-state index contributed by atoms with van der Waals surface area (Å²) in [6.07, 6.45) is 4.29. The predicted octanol–water partition coefficient (Wildman–Crippen LogP) is 4.95. The van der Waals surface area contributed by atoms with Gasteiger partial charge in [0.25, 0.3) is 0 Å². The number of benzene rings is 2. The predicted molar refractivity (Wildman–Crippen MR) is 112 cm³/mol. The highest BCUT2D eigenvalue weighted by atomic mass is 35.5. The maximum Gasteiger partial charge on any atom is 0.238 e. The summed E-state index contributed by atoms with van der Waals surface area (Å²) in [7, 11) is 0. The van der Waals surface area contributed by atoms with E-state index in [1.165, 1.54) is 16.5 Å². The van der Waals surface area contributed by atoms with Crippen molar-refractivity contribution in [1.29, 1.82) is 0 Å². The highest BCUT2D eigenvalue weighted by molar-refractivity contribution is 6.33. The van der Waals surface area contributed by atoms with Crippen molar-refractivity contribution in [3.05, 3.63) is 64.8 Å². The molecule has 1 aromatic heterocycles. The molecule has 0 spiro atoms. The van der Waals surface area contributed by atoms with Crippen LogP contribution < -0.4 is 5.32 Å². The number of carbonyl (C=O) groups is 1. The molecule has 5 heteroatoms. The van der Waals surface area contributed by atoms with Crippen molar-refractivity contribution in [1.82, 2.24) is 9.88 Å². The Hall–Kier alpha value is -2.30. The molecule has 0 atom stereocenters. The average molecular weight is 382 g/mol. The summed E-state index contributed by atoms with van der Waals surface area (Å²) in [6, 6.07) is 14.1. The lowest BCUT2D eigenvalue weighted by molar-refractivity contribution is -0.117. The second-order valence-corrected chi connectivity index (χ2v) is 7.78. The average Bonchev–Trinajstić information content (AvgIpc) is 3.09. The van der Waals surface area contributed by atoms with E-state index in [1.54, 1.807) is 0 Å². The van der Waals surface area contributed by atoms with Crippen molar-refractivity contribution in [2.24, 2.45) is 0 Å². The van der Waals surface area contributed by atoms with Crippen LogP contribution in [0.15, 0.2) is 48.7 Å². The van der Waals surface area contributed by atoms with E-state index in [4.69, 9.17) is 11.6 Å². The van der Waals surface area contributed by atoms with Crippen LogP contribution >= 0.6 is 11.6 Å². The van der Waals surface area contributed by atoms with Crippen molar-refractivity contribution in [2.75, 3.05) is 25.0 Å². The molecule has 3 aromatic rings. The van der Waals surface area contributed by atoms with Crippen LogP contribution in [0.25, 0.3) is 10.9 Å². The first-order chi connectivity index (χ1) is 13.1. The molecule has 2 heterocycles. The van der Waals surface area contributed by atoms with E-state index in [0.717, 1.165) is 31.5 Å². The number of nitrogens with one attached hydrogen (secondary N) is 2. The Morgan fingerprint density at radius 2 is 2.00 bits per heavy atom. The molecule has 4 nitrogen and oxygen atoms in total. The smallest absolute Gasteiger partial charge is 0.238 e. The van der Waals surface area contributed by atoms with Gasteiger partial charge in [-0.3, -0.25) is 9.69 Å². The third-order valence-electron chi connectivity index (χ3n) is 5.41. The SMILES string of the molecule is Cc1ccc(NC(=O)CN2CCC(c3c[nH]c4ccccc34)CC2)c(Cl)c1. The summed E-state index contributed by atoms with van der Waals surface area (Å²) in [5.74, 6) is 0.540. The maximum atomic E-state index is 12.4. The van der Waals surface area contributed by atoms with Gasteiger partial charge < -0.3 is 10.3 Å². The van der Waals surface area contributed by atoms with E-state index in [9.17, 15) is 4.79 Å². The first kappa shape index (κ1) is 18.1. The first-order valence-corrected chi connectivity index (χ1v) is 9.82. The Morgan fingerprint density at radius 1 is 1.22 bits per heavy atom. The Labute approximate surface area is 164 Å². The summed E-state index contributed by atoms with van der Waals surface area (Å²) in [6.45, 7) is 4.25. The van der Waals surface area contributed by atoms with Gasteiger partial charge in [0, 0.05) is 17.1 Å². The molecule has 0 radical (unpaired) electrons. The van der Waals surface area contributed by atoms with Crippen molar-refractivity contribution < 1.29 is 4.79 Å². The molecule has 1 amide bonds. The molecule has 2 aromatic carbocycles. The molecule has 1 fully saturated rings. The molecule has 0 aliphatic carbocycles. The summed E-state index contributed by atoms with van der Waals surface area (Å²) >= 11 is 6.21. The van der Waals surface area contributed by atoms with Crippen LogP contribution in [-0.2, 0) is 4.79 Å². The maximum absolute atomic E-state index is 12.4. The number of halogens is 1. The minimum absolute atomic E-state index is 0.00806. The van der Waals surface area contributed by atoms with Crippen molar-refractivity contribution >= 4 is 34.1 Å². The van der Waals surface area contributed by atoms with Crippen LogP contribution in [0.3, 0.4) is 0 Å². The summed E-state index contributed by atoms with van der Waals surface area (Å²) in [5, 5.41) is 4.84. The number of carbonyl (C=O) groups excluding carboxylic acids is 1. The fourth-order valence-corrected chi connectivity index (χ4v) is 4.23. The zero-order valence-corrected chi connectivity index (χ0v) is 16.2. The van der Waals surface area contributed by atoms with E-state index in [1.807, 2.05) is 25.1 Å². The van der Waals surface area contributed by atoms with Gasteiger partial charge in [0.05, 0.1) is 17.3 Å². The first-order valence-electron chi connectivity index (χ1n) is 9.44. The van der Waals surface area contributed by atoms with E-state index in [0.29, 0.717) is 23.2 Å². The second kappa shape index (κ2) is 7.75. The number of rotatable bonds is 4. The summed E-state index contributed by atoms with van der Waals surface area (Å²) in [4.78, 5) is 18.0. The molecule has 0 bridgehead atoms. The lowest BCUT2D eigenvalue weighted by Crippen LogP contribution is -2.38. The van der Waals surface area contributed by atoms with Gasteiger partial charge in [-0.05, 0) is 68.1 Å². The molecule has 4 rings (SSSR count). The fourth-order valence-electron chi connectivity index (χ4n) is 3.95. The monoisotopic (exact) mass is 381 g/mol. The molecular formula is C22H24ClN3O. The van der Waals surface area contributed by atoms with Gasteiger partial charge in [0.2, 0.25) is 5.91 Å². The minimum Gasteiger partial charge on any atom is -0.361 e. The topological polar surface area (TPSA) is 48.1 Å². The number of amides is 1. The summed E-state index contributed by atoms with van der Waals surface area (Å²) < 4.78 is 0. The molecule has 0 unspecified atom stereocenters. The second-order valence-electron chi connectivity index (χ2n) is 7.37. The van der Waals surface area contributed by atoms with Crippen molar-refractivity contribution in [3.8, 4) is 0 Å². The molecule has 1 aliphatic heterocycles. The highest BCUT2D eigenvalue weighted by Crippen LogP contribution is 2.33. The number of para-hydroxylation sites is 1. The van der Waals surface area contributed by atoms with Crippen LogP contribution in [0.2, 0.25) is 5.02 Å². The van der Waals surface area contributed by atoms with Gasteiger partial charge in [-0.25, -0.2) is 0 Å². The number of anilines is 1. The largest absolute Gasteiger partial charge is 0.361 e. The Balaban J connectivity index is 1.33. The number of nitrogens with zero attached hydrogens (tertiary/aromatic N) is 1. The fraction of sp³-hybridized carbons (Fsp3) is 0.318. The molecule has 0 saturated carbocycles. The Bertz CT molecular complexity index is 957. The van der Waals surface area contributed by atoms with Crippen LogP contribution in [0.4, 0.5) is 5.69 Å². The standard InChI is InChI=1S/C22H24ClN3O/c1-15-6-7-21(19(23)12-15)25-22(27)14-26-10-8-16(9-11-26)18-13-24-20-5-3-2-4-17(18)20/h2-7,12-13,16,24H,8-11,14H2,1H3,(H,25,27). The Morgan fingerprint density at radius 3 is 2.78 bits per heavy atom. The van der Waals surface area contributed by atoms with E-state index in [2.05, 4.69) is 45.7 Å². The van der Waals surface area contributed by atoms with Crippen molar-refractivity contribution in [2.45, 2.75) is 25.7 Å². The van der Waals surface area contributed by atoms with Gasteiger partial charge in [-0.1, -0.05) is 35.9 Å². The number of hydrogen-bond donors (Lipinski definition) is 2. The van der Waals surface area contributed by atoms with Gasteiger partial charge in [-0.15, -0.1) is 0 Å². The van der Waals surface area contributed by atoms with Crippen LogP contribution in [0.1, 0.15) is 29.9 Å². The zero-order valence-electron chi connectivity index (χ0n) is 15.5. The molecule has 1 aliphatic rings. The third-order valence-corrected chi connectivity index (χ3v) is 5.73. The number of aromatic nitrogens is 1. The van der Waals surface area contributed by atoms with Crippen LogP contribution in [0, 0.1) is 6.92 Å². The van der Waals surface area contributed by atoms with E-state index in [-0.39, 0.29) is 5.91 Å². The van der Waals surface area contributed by atoms with Gasteiger partial charge in [0.1, 0.15) is 0 Å². The molecule has 2 N–H and O–H groups in total. The number of hydrogen-bond acceptors (Lipinski definition) is 2. The number of aryl methyl sites for hydroxylation is 1. The van der Waals surface area contributed by atoms with Gasteiger partial charge >= 0.3 is 0 Å². The summed E-state index contributed by atoms with van der Waals surface area (Å²) in [5.41, 5.74) is 4.36. The molecule has 27 heavy (non-hydrogen) atoms. The number of piperidine rings is 1. The lowest BCUT2D eigenvalue weighted by Gasteiger charge is -2.31. The molecular weight excluding hydrogens is 358 g/mol. The minimum atomic E-state index is -0.00806. The lowest BCUT2D eigenvalue weighted by atomic mass is 9.89. The number of fused-ring (bicyclic) bond motifs is 1. The van der Waals surface area contributed by atoms with E-state index < -0.39 is 0 Å². The third kappa shape index (κ3) is 4.02. The van der Waals surface area contributed by atoms with Crippen LogP contribution in [0.5, 0.6) is 0 Å². The van der Waals surface area contributed by atoms with Gasteiger partial charge in [0.15, 0.2) is 0 Å². The van der Waals surface area contributed by atoms with E-state index >= 15 is 0 Å². The van der Waals surface area contributed by atoms with Gasteiger partial charge in [-0.2, -0.15) is 0 Å². The van der Waals surface area contributed by atoms with Crippen LogP contribution in [-0.4, -0.2) is 35.4 Å². The normalized spacial score (nSPS) is 15.9. The quantitative estimate of drug-likeness (QED) is 0.671. The molecule has 1 saturated heterocycles. The zero-order chi connectivity index (χ0) is 18.8.